The van der Waals surface area contributed by atoms with Crippen LogP contribution in [0.15, 0.2) is 41.8 Å². The van der Waals surface area contributed by atoms with Crippen molar-refractivity contribution in [2.24, 2.45) is 0 Å². The van der Waals surface area contributed by atoms with Gasteiger partial charge in [0.1, 0.15) is 0 Å². The molecule has 0 bridgehead atoms. The van der Waals surface area contributed by atoms with Crippen LogP contribution in [0, 0.1) is 0 Å². The molecule has 6 heteroatoms. The van der Waals surface area contributed by atoms with Gasteiger partial charge in [-0.15, -0.1) is 11.3 Å². The summed E-state index contributed by atoms with van der Waals surface area (Å²) in [7, 11) is 0. The Morgan fingerprint density at radius 3 is 2.61 bits per heavy atom. The summed E-state index contributed by atoms with van der Waals surface area (Å²) in [5.74, 6) is -0.644. The second kappa shape index (κ2) is 9.33. The first-order valence-electron chi connectivity index (χ1n) is 7.32. The number of amides is 1. The lowest BCUT2D eigenvalue weighted by molar-refractivity contribution is -0.148. The highest BCUT2D eigenvalue weighted by molar-refractivity contribution is 7.09. The molecule has 0 aliphatic rings. The first-order valence-corrected chi connectivity index (χ1v) is 8.58. The van der Waals surface area contributed by atoms with Crippen LogP contribution in [0.4, 0.5) is 0 Å². The average Bonchev–Trinajstić information content (AvgIpc) is 3.06. The summed E-state index contributed by atoms with van der Waals surface area (Å²) < 4.78 is 4.96. The number of benzene rings is 1. The molecule has 0 spiro atoms. The number of rotatable bonds is 8. The van der Waals surface area contributed by atoms with Crippen LogP contribution in [-0.4, -0.2) is 25.0 Å². The van der Waals surface area contributed by atoms with Crippen molar-refractivity contribution in [3.63, 3.8) is 0 Å². The maximum absolute atomic E-state index is 11.6. The molecule has 0 atom stereocenters. The number of halogens is 1. The van der Waals surface area contributed by atoms with Crippen molar-refractivity contribution >= 4 is 34.8 Å². The van der Waals surface area contributed by atoms with Crippen molar-refractivity contribution in [1.29, 1.82) is 0 Å². The van der Waals surface area contributed by atoms with Crippen molar-refractivity contribution < 1.29 is 14.3 Å². The van der Waals surface area contributed by atoms with E-state index in [0.29, 0.717) is 30.8 Å². The molecule has 2 aromatic rings. The van der Waals surface area contributed by atoms with Gasteiger partial charge in [-0.25, -0.2) is 0 Å². The van der Waals surface area contributed by atoms with Crippen molar-refractivity contribution in [1.82, 2.24) is 5.32 Å². The van der Waals surface area contributed by atoms with Gasteiger partial charge in [-0.1, -0.05) is 29.8 Å². The molecule has 1 N–H and O–H groups in total. The van der Waals surface area contributed by atoms with Crippen molar-refractivity contribution in [3.05, 3.63) is 57.2 Å². The van der Waals surface area contributed by atoms with Gasteiger partial charge >= 0.3 is 5.97 Å². The molecular formula is C17H18ClNO3S. The van der Waals surface area contributed by atoms with Crippen LogP contribution < -0.4 is 5.32 Å². The molecule has 1 amide bonds. The van der Waals surface area contributed by atoms with Gasteiger partial charge in [0.25, 0.3) is 5.91 Å². The lowest BCUT2D eigenvalue weighted by atomic mass is 10.1. The fraction of sp³-hybridized carbons (Fsp3) is 0.294. The van der Waals surface area contributed by atoms with E-state index in [9.17, 15) is 9.59 Å². The lowest BCUT2D eigenvalue weighted by Gasteiger charge is -2.06. The highest BCUT2D eigenvalue weighted by atomic mass is 35.5. The fourth-order valence-electron chi connectivity index (χ4n) is 1.95. The number of nitrogens with one attached hydrogen (secondary N) is 1. The first-order chi connectivity index (χ1) is 11.1. The van der Waals surface area contributed by atoms with Crippen LogP contribution in [0.5, 0.6) is 0 Å². The number of hydrogen-bond acceptors (Lipinski definition) is 4. The van der Waals surface area contributed by atoms with Crippen molar-refractivity contribution in [3.8, 4) is 0 Å². The second-order valence-corrected chi connectivity index (χ2v) is 6.44. The monoisotopic (exact) mass is 351 g/mol. The summed E-state index contributed by atoms with van der Waals surface area (Å²) in [6.45, 7) is 0.261. The van der Waals surface area contributed by atoms with E-state index in [2.05, 4.69) is 5.32 Å². The molecule has 4 nitrogen and oxygen atoms in total. The molecule has 1 aromatic carbocycles. The van der Waals surface area contributed by atoms with Crippen molar-refractivity contribution in [2.45, 2.75) is 19.3 Å². The Balaban J connectivity index is 1.57. The molecule has 0 saturated heterocycles. The number of carbonyl (C=O) groups excluding carboxylic acids is 2. The Hall–Kier alpha value is -1.85. The van der Waals surface area contributed by atoms with E-state index in [1.807, 2.05) is 41.8 Å². The van der Waals surface area contributed by atoms with Gasteiger partial charge in [0.15, 0.2) is 6.61 Å². The van der Waals surface area contributed by atoms with E-state index in [1.165, 1.54) is 0 Å². The Morgan fingerprint density at radius 1 is 1.13 bits per heavy atom. The van der Waals surface area contributed by atoms with Gasteiger partial charge in [-0.3, -0.25) is 9.59 Å². The second-order valence-electron chi connectivity index (χ2n) is 4.97. The molecule has 2 rings (SSSR count). The zero-order valence-corrected chi connectivity index (χ0v) is 14.2. The number of esters is 1. The Labute approximate surface area is 144 Å². The van der Waals surface area contributed by atoms with Crippen molar-refractivity contribution in [2.75, 3.05) is 13.2 Å². The largest absolute Gasteiger partial charge is 0.456 e. The standard InChI is InChI=1S/C17H18ClNO3S/c18-14-5-3-13(4-6-14)9-10-19-16(20)12-22-17(21)8-7-15-2-1-11-23-15/h1-6,11H,7-10,12H2,(H,19,20). The molecule has 0 radical (unpaired) electrons. The molecule has 122 valence electrons. The van der Waals surface area contributed by atoms with Gasteiger partial charge in [0, 0.05) is 16.4 Å². The molecule has 0 unspecified atom stereocenters. The fourth-order valence-corrected chi connectivity index (χ4v) is 2.78. The van der Waals surface area contributed by atoms with Gasteiger partial charge in [0.2, 0.25) is 0 Å². The predicted octanol–water partition coefficient (Wildman–Crippen LogP) is 3.24. The normalized spacial score (nSPS) is 10.3. The summed E-state index contributed by atoms with van der Waals surface area (Å²) in [4.78, 5) is 24.3. The van der Waals surface area contributed by atoms with E-state index in [1.54, 1.807) is 11.3 Å². The minimum Gasteiger partial charge on any atom is -0.456 e. The number of ether oxygens (including phenoxy) is 1. The summed E-state index contributed by atoms with van der Waals surface area (Å²) in [5.41, 5.74) is 1.09. The molecular weight excluding hydrogens is 334 g/mol. The van der Waals surface area contributed by atoms with Crippen LogP contribution in [-0.2, 0) is 27.2 Å². The molecule has 23 heavy (non-hydrogen) atoms. The third-order valence-electron chi connectivity index (χ3n) is 3.17. The molecule has 1 aromatic heterocycles. The van der Waals surface area contributed by atoms with Crippen LogP contribution in [0.2, 0.25) is 5.02 Å². The van der Waals surface area contributed by atoms with E-state index < -0.39 is 0 Å². The van der Waals surface area contributed by atoms with Gasteiger partial charge < -0.3 is 10.1 Å². The van der Waals surface area contributed by atoms with E-state index >= 15 is 0 Å². The van der Waals surface area contributed by atoms with Gasteiger partial charge in [-0.05, 0) is 42.0 Å². The Kier molecular flexibility index (Phi) is 7.10. The summed E-state index contributed by atoms with van der Waals surface area (Å²) >= 11 is 7.41. The van der Waals surface area contributed by atoms with E-state index in [4.69, 9.17) is 16.3 Å². The molecule has 0 aliphatic carbocycles. The smallest absolute Gasteiger partial charge is 0.306 e. The SMILES string of the molecule is O=C(COC(=O)CCc1cccs1)NCCc1ccc(Cl)cc1. The quantitative estimate of drug-likeness (QED) is 0.743. The zero-order valence-electron chi connectivity index (χ0n) is 12.6. The Bertz CT molecular complexity index is 626. The minimum absolute atomic E-state index is 0.232. The van der Waals surface area contributed by atoms with Gasteiger partial charge in [-0.2, -0.15) is 0 Å². The average molecular weight is 352 g/mol. The molecule has 0 saturated carbocycles. The molecule has 1 heterocycles. The number of hydrogen-bond donors (Lipinski definition) is 1. The summed E-state index contributed by atoms with van der Waals surface area (Å²) in [6, 6.07) is 11.4. The first kappa shape index (κ1) is 17.5. The van der Waals surface area contributed by atoms with E-state index in [0.717, 1.165) is 10.4 Å². The topological polar surface area (TPSA) is 55.4 Å². The van der Waals surface area contributed by atoms with Gasteiger partial charge in [0.05, 0.1) is 6.42 Å². The number of carbonyl (C=O) groups is 2. The highest BCUT2D eigenvalue weighted by Crippen LogP contribution is 2.11. The number of aryl methyl sites for hydroxylation is 1. The minimum atomic E-state index is -0.355. The zero-order chi connectivity index (χ0) is 16.5. The van der Waals surface area contributed by atoms with Crippen LogP contribution in [0.1, 0.15) is 16.9 Å². The summed E-state index contributed by atoms with van der Waals surface area (Å²) in [6.07, 6.45) is 1.64. The maximum atomic E-state index is 11.6. The Morgan fingerprint density at radius 2 is 1.91 bits per heavy atom. The highest BCUT2D eigenvalue weighted by Gasteiger charge is 2.08. The third kappa shape index (κ3) is 6.84. The molecule has 0 fully saturated rings. The summed E-state index contributed by atoms with van der Waals surface area (Å²) in [5, 5.41) is 5.38. The maximum Gasteiger partial charge on any atom is 0.306 e. The van der Waals surface area contributed by atoms with Crippen LogP contribution in [0.25, 0.3) is 0 Å². The molecule has 0 aliphatic heterocycles. The predicted molar refractivity (Wildman–Crippen MR) is 91.8 cm³/mol. The lowest BCUT2D eigenvalue weighted by Crippen LogP contribution is -2.30. The van der Waals surface area contributed by atoms with Crippen LogP contribution in [0.3, 0.4) is 0 Å². The third-order valence-corrected chi connectivity index (χ3v) is 4.36. The van der Waals surface area contributed by atoms with Crippen LogP contribution >= 0.6 is 22.9 Å². The number of thiophene rings is 1. The van der Waals surface area contributed by atoms with E-state index in [-0.39, 0.29) is 18.5 Å².